The summed E-state index contributed by atoms with van der Waals surface area (Å²) in [5, 5.41) is 3.63. The number of carbonyl (C=O) groups is 2. The van der Waals surface area contributed by atoms with E-state index in [2.05, 4.69) is 10.0 Å². The Morgan fingerprint density at radius 1 is 0.902 bits per heavy atom. The Kier molecular flexibility index (Phi) is 10.6. The lowest BCUT2D eigenvalue weighted by molar-refractivity contribution is -0.141. The van der Waals surface area contributed by atoms with Crippen LogP contribution in [-0.4, -0.2) is 43.8 Å². The van der Waals surface area contributed by atoms with E-state index < -0.39 is 16.1 Å². The number of carbonyl (C=O) groups excluding carboxylic acids is 2. The number of sulfonamides is 1. The van der Waals surface area contributed by atoms with E-state index in [4.69, 9.17) is 11.6 Å². The Morgan fingerprint density at radius 2 is 1.54 bits per heavy atom. The van der Waals surface area contributed by atoms with Gasteiger partial charge in [0.15, 0.2) is 0 Å². The van der Waals surface area contributed by atoms with Gasteiger partial charge in [-0.05, 0) is 66.1 Å². The third-order valence-electron chi connectivity index (χ3n) is 6.98. The molecule has 1 fully saturated rings. The molecule has 2 amide bonds. The standard InChI is InChI=1S/C32H38ClN3O4S/c1-23(2)21-34-32(38)30(20-25-6-4-3-5-7-25)36(22-26-8-13-27(33)14-9-26)31(37)19-12-24-10-17-29(18-11-24)41(39,40)35-28-15-16-28/h3-11,13-14,17-18,23,28,30,35H,12,15-16,19-22H2,1-2H3,(H,34,38)/t30-/m1/s1. The third kappa shape index (κ3) is 9.42. The molecule has 0 heterocycles. The van der Waals surface area contributed by atoms with Crippen LogP contribution in [0.5, 0.6) is 0 Å². The highest BCUT2D eigenvalue weighted by Crippen LogP contribution is 2.23. The minimum absolute atomic E-state index is 0.0329. The van der Waals surface area contributed by atoms with Gasteiger partial charge in [0.2, 0.25) is 21.8 Å². The van der Waals surface area contributed by atoms with E-state index >= 15 is 0 Å². The van der Waals surface area contributed by atoms with Gasteiger partial charge in [0, 0.05) is 37.0 Å². The van der Waals surface area contributed by atoms with Crippen LogP contribution in [0.15, 0.2) is 83.8 Å². The fourth-order valence-electron chi connectivity index (χ4n) is 4.48. The van der Waals surface area contributed by atoms with Gasteiger partial charge in [-0.3, -0.25) is 9.59 Å². The molecule has 1 saturated carbocycles. The predicted octanol–water partition coefficient (Wildman–Crippen LogP) is 5.13. The molecular formula is C32H38ClN3O4S. The summed E-state index contributed by atoms with van der Waals surface area (Å²) >= 11 is 6.10. The molecule has 9 heteroatoms. The minimum atomic E-state index is -3.54. The van der Waals surface area contributed by atoms with Crippen LogP contribution in [0.2, 0.25) is 5.02 Å². The van der Waals surface area contributed by atoms with E-state index in [-0.39, 0.29) is 41.6 Å². The number of aryl methyl sites for hydroxylation is 1. The molecule has 4 rings (SSSR count). The molecule has 41 heavy (non-hydrogen) atoms. The van der Waals surface area contributed by atoms with Gasteiger partial charge in [0.05, 0.1) is 4.90 Å². The molecule has 0 radical (unpaired) electrons. The van der Waals surface area contributed by atoms with Crippen LogP contribution >= 0.6 is 11.6 Å². The molecule has 3 aromatic rings. The van der Waals surface area contributed by atoms with Crippen molar-refractivity contribution in [2.24, 2.45) is 5.92 Å². The normalized spacial score (nSPS) is 14.0. The maximum atomic E-state index is 13.8. The van der Waals surface area contributed by atoms with Crippen molar-refractivity contribution >= 4 is 33.4 Å². The highest BCUT2D eigenvalue weighted by molar-refractivity contribution is 7.89. The summed E-state index contributed by atoms with van der Waals surface area (Å²) in [6.07, 6.45) is 2.70. The fraction of sp³-hybridized carbons (Fsp3) is 0.375. The number of nitrogens with zero attached hydrogens (tertiary/aromatic N) is 1. The van der Waals surface area contributed by atoms with Gasteiger partial charge in [-0.2, -0.15) is 0 Å². The summed E-state index contributed by atoms with van der Waals surface area (Å²) in [6, 6.07) is 22.9. The Hall–Kier alpha value is -3.20. The minimum Gasteiger partial charge on any atom is -0.354 e. The molecule has 1 atom stereocenters. The average Bonchev–Trinajstić information content (AvgIpc) is 3.77. The molecule has 2 N–H and O–H groups in total. The predicted molar refractivity (Wildman–Crippen MR) is 162 cm³/mol. The Bertz CT molecular complexity index is 1410. The highest BCUT2D eigenvalue weighted by Gasteiger charge is 2.31. The molecule has 0 aromatic heterocycles. The highest BCUT2D eigenvalue weighted by atomic mass is 35.5. The summed E-state index contributed by atoms with van der Waals surface area (Å²) in [5.41, 5.74) is 2.68. The SMILES string of the molecule is CC(C)CNC(=O)[C@@H](Cc1ccccc1)N(Cc1ccc(Cl)cc1)C(=O)CCc1ccc(S(=O)(=O)NC2CC2)cc1. The third-order valence-corrected chi connectivity index (χ3v) is 8.77. The number of benzene rings is 3. The first-order chi connectivity index (χ1) is 19.6. The Morgan fingerprint density at radius 3 is 2.15 bits per heavy atom. The first-order valence-corrected chi connectivity index (χ1v) is 15.9. The van der Waals surface area contributed by atoms with E-state index in [9.17, 15) is 18.0 Å². The largest absolute Gasteiger partial charge is 0.354 e. The number of amides is 2. The molecule has 218 valence electrons. The monoisotopic (exact) mass is 595 g/mol. The number of hydrogen-bond donors (Lipinski definition) is 2. The van der Waals surface area contributed by atoms with Gasteiger partial charge in [-0.1, -0.05) is 80.0 Å². The van der Waals surface area contributed by atoms with Crippen molar-refractivity contribution in [3.63, 3.8) is 0 Å². The molecule has 1 aliphatic rings. The second-order valence-corrected chi connectivity index (χ2v) is 13.2. The molecule has 0 spiro atoms. The van der Waals surface area contributed by atoms with Gasteiger partial charge in [-0.25, -0.2) is 13.1 Å². The van der Waals surface area contributed by atoms with Gasteiger partial charge in [0.25, 0.3) is 0 Å². The Labute approximate surface area is 248 Å². The first-order valence-electron chi connectivity index (χ1n) is 14.1. The zero-order valence-electron chi connectivity index (χ0n) is 23.6. The van der Waals surface area contributed by atoms with Gasteiger partial charge >= 0.3 is 0 Å². The second-order valence-electron chi connectivity index (χ2n) is 11.0. The maximum absolute atomic E-state index is 13.8. The van der Waals surface area contributed by atoms with Crippen molar-refractivity contribution in [3.8, 4) is 0 Å². The lowest BCUT2D eigenvalue weighted by Crippen LogP contribution is -2.51. The van der Waals surface area contributed by atoms with E-state index in [0.29, 0.717) is 24.4 Å². The molecular weight excluding hydrogens is 558 g/mol. The van der Waals surface area contributed by atoms with E-state index in [1.54, 1.807) is 41.3 Å². The number of hydrogen-bond acceptors (Lipinski definition) is 4. The quantitative estimate of drug-likeness (QED) is 0.270. The molecule has 0 unspecified atom stereocenters. The average molecular weight is 596 g/mol. The molecule has 1 aliphatic carbocycles. The number of rotatable bonds is 14. The molecule has 7 nitrogen and oxygen atoms in total. The van der Waals surface area contributed by atoms with Crippen LogP contribution in [0.3, 0.4) is 0 Å². The lowest BCUT2D eigenvalue weighted by atomic mass is 10.0. The zero-order valence-corrected chi connectivity index (χ0v) is 25.1. The van der Waals surface area contributed by atoms with E-state index in [1.165, 1.54) is 0 Å². The molecule has 3 aromatic carbocycles. The fourth-order valence-corrected chi connectivity index (χ4v) is 5.91. The topological polar surface area (TPSA) is 95.6 Å². The van der Waals surface area contributed by atoms with E-state index in [0.717, 1.165) is 29.5 Å². The summed E-state index contributed by atoms with van der Waals surface area (Å²) < 4.78 is 27.7. The van der Waals surface area contributed by atoms with Crippen molar-refractivity contribution in [1.82, 2.24) is 14.9 Å². The summed E-state index contributed by atoms with van der Waals surface area (Å²) in [7, 11) is -3.54. The number of nitrogens with one attached hydrogen (secondary N) is 2. The van der Waals surface area contributed by atoms with Gasteiger partial charge < -0.3 is 10.2 Å². The van der Waals surface area contributed by atoms with Crippen molar-refractivity contribution < 1.29 is 18.0 Å². The van der Waals surface area contributed by atoms with Crippen molar-refractivity contribution in [2.75, 3.05) is 6.54 Å². The maximum Gasteiger partial charge on any atom is 0.243 e. The molecule has 0 aliphatic heterocycles. The van der Waals surface area contributed by atoms with Crippen molar-refractivity contribution in [3.05, 3.63) is 101 Å². The van der Waals surface area contributed by atoms with Crippen LogP contribution in [0.1, 0.15) is 49.8 Å². The summed E-state index contributed by atoms with van der Waals surface area (Å²) in [5.74, 6) is -0.0849. The van der Waals surface area contributed by atoms with Crippen molar-refractivity contribution in [2.45, 2.75) is 69.5 Å². The van der Waals surface area contributed by atoms with Crippen LogP contribution in [-0.2, 0) is 39.0 Å². The van der Waals surface area contributed by atoms with Crippen LogP contribution in [0, 0.1) is 5.92 Å². The van der Waals surface area contributed by atoms with Gasteiger partial charge in [-0.15, -0.1) is 0 Å². The summed E-state index contributed by atoms with van der Waals surface area (Å²) in [4.78, 5) is 29.2. The lowest BCUT2D eigenvalue weighted by Gasteiger charge is -2.32. The molecule has 0 bridgehead atoms. The Balaban J connectivity index is 1.54. The van der Waals surface area contributed by atoms with Crippen LogP contribution in [0.4, 0.5) is 0 Å². The zero-order chi connectivity index (χ0) is 29.4. The first kappa shape index (κ1) is 30.8. The van der Waals surface area contributed by atoms with E-state index in [1.807, 2.05) is 56.3 Å². The van der Waals surface area contributed by atoms with Crippen LogP contribution < -0.4 is 10.0 Å². The molecule has 0 saturated heterocycles. The second kappa shape index (κ2) is 14.1. The number of halogens is 1. The van der Waals surface area contributed by atoms with Crippen LogP contribution in [0.25, 0.3) is 0 Å². The summed E-state index contributed by atoms with van der Waals surface area (Å²) in [6.45, 7) is 4.83. The smallest absolute Gasteiger partial charge is 0.243 e. The van der Waals surface area contributed by atoms with Crippen molar-refractivity contribution in [1.29, 1.82) is 0 Å². The van der Waals surface area contributed by atoms with Gasteiger partial charge in [0.1, 0.15) is 6.04 Å².